The summed E-state index contributed by atoms with van der Waals surface area (Å²) in [5, 5.41) is 0. The molecule has 0 atom stereocenters. The Balaban J connectivity index is -0.0000000910. The Labute approximate surface area is 96.8 Å². The van der Waals surface area contributed by atoms with Crippen molar-refractivity contribution in [3.63, 3.8) is 0 Å². The van der Waals surface area contributed by atoms with Crippen LogP contribution in [0.1, 0.15) is 53.2 Å². The standard InChI is InChI=1S/C9H12.2C2H6.CH4.H2O/c1-3-9-6-4-5-8(2)7-9;2*1-2;;/h4-7H,3H2,1-2H3;2*1-2H3;1H4;1H2. The fourth-order valence-electron chi connectivity index (χ4n) is 0.932. The third-order valence-electron chi connectivity index (χ3n) is 1.49. The molecule has 0 unspecified atom stereocenters. The number of hydrogen-bond donors (Lipinski definition) is 0. The molecule has 1 aromatic carbocycles. The summed E-state index contributed by atoms with van der Waals surface area (Å²) in [7, 11) is 0. The van der Waals surface area contributed by atoms with Gasteiger partial charge < -0.3 is 5.48 Å². The van der Waals surface area contributed by atoms with Crippen molar-refractivity contribution >= 4 is 0 Å². The molecule has 92 valence electrons. The lowest BCUT2D eigenvalue weighted by atomic mass is 10.1. The molecule has 0 bridgehead atoms. The van der Waals surface area contributed by atoms with Crippen molar-refractivity contribution in [1.29, 1.82) is 0 Å². The Bertz CT molecular complexity index is 194. The summed E-state index contributed by atoms with van der Waals surface area (Å²) >= 11 is 0. The summed E-state index contributed by atoms with van der Waals surface area (Å²) in [6, 6.07) is 8.61. The number of aryl methyl sites for hydroxylation is 2. The van der Waals surface area contributed by atoms with Gasteiger partial charge in [-0.15, -0.1) is 0 Å². The van der Waals surface area contributed by atoms with E-state index >= 15 is 0 Å². The van der Waals surface area contributed by atoms with Gasteiger partial charge in [0.05, 0.1) is 0 Å². The molecule has 0 saturated heterocycles. The summed E-state index contributed by atoms with van der Waals surface area (Å²) in [5.41, 5.74) is 2.78. The average molecular weight is 214 g/mol. The van der Waals surface area contributed by atoms with Crippen LogP contribution in [-0.2, 0) is 6.42 Å². The van der Waals surface area contributed by atoms with E-state index in [2.05, 4.69) is 38.1 Å². The van der Waals surface area contributed by atoms with Gasteiger partial charge in [0, 0.05) is 0 Å². The fraction of sp³-hybridized carbons (Fsp3) is 0.571. The molecule has 1 rings (SSSR count). The van der Waals surface area contributed by atoms with Gasteiger partial charge in [-0.1, -0.05) is 71.9 Å². The summed E-state index contributed by atoms with van der Waals surface area (Å²) in [4.78, 5) is 0. The summed E-state index contributed by atoms with van der Waals surface area (Å²) in [6.07, 6.45) is 1.14. The Morgan fingerprint density at radius 3 is 1.73 bits per heavy atom. The van der Waals surface area contributed by atoms with Crippen molar-refractivity contribution in [2.45, 2.75) is 55.4 Å². The molecule has 0 aliphatic carbocycles. The summed E-state index contributed by atoms with van der Waals surface area (Å²) in [5.74, 6) is 0. The molecule has 0 amide bonds. The van der Waals surface area contributed by atoms with Gasteiger partial charge in [-0.3, -0.25) is 0 Å². The molecular weight excluding hydrogens is 184 g/mol. The summed E-state index contributed by atoms with van der Waals surface area (Å²) < 4.78 is 0. The molecule has 0 heterocycles. The molecule has 0 saturated carbocycles. The first-order chi connectivity index (χ1) is 6.33. The van der Waals surface area contributed by atoms with E-state index in [9.17, 15) is 0 Å². The Morgan fingerprint density at radius 1 is 1.00 bits per heavy atom. The fourth-order valence-corrected chi connectivity index (χ4v) is 0.932. The molecule has 1 aromatic rings. The van der Waals surface area contributed by atoms with Crippen LogP contribution in [0.5, 0.6) is 0 Å². The Kier molecular flexibility index (Phi) is 29.9. The topological polar surface area (TPSA) is 31.5 Å². The minimum absolute atomic E-state index is 0. The highest BCUT2D eigenvalue weighted by Gasteiger charge is 1.85. The van der Waals surface area contributed by atoms with Gasteiger partial charge in [-0.05, 0) is 18.9 Å². The van der Waals surface area contributed by atoms with Crippen molar-refractivity contribution in [3.8, 4) is 0 Å². The SMILES string of the molecule is C.CC.CC.CCc1cccc(C)c1.O. The highest BCUT2D eigenvalue weighted by molar-refractivity contribution is 5.21. The molecule has 2 N–H and O–H groups in total. The van der Waals surface area contributed by atoms with E-state index in [1.54, 1.807) is 0 Å². The van der Waals surface area contributed by atoms with Crippen molar-refractivity contribution in [1.82, 2.24) is 0 Å². The van der Waals surface area contributed by atoms with Crippen LogP contribution < -0.4 is 0 Å². The van der Waals surface area contributed by atoms with Crippen LogP contribution in [0.4, 0.5) is 0 Å². The van der Waals surface area contributed by atoms with Crippen LogP contribution in [0, 0.1) is 6.92 Å². The lowest BCUT2D eigenvalue weighted by molar-refractivity contribution is 0.824. The van der Waals surface area contributed by atoms with Gasteiger partial charge in [0.15, 0.2) is 0 Å². The van der Waals surface area contributed by atoms with E-state index in [4.69, 9.17) is 0 Å². The molecule has 1 heteroatoms. The zero-order chi connectivity index (χ0) is 10.7. The molecule has 0 radical (unpaired) electrons. The third-order valence-corrected chi connectivity index (χ3v) is 1.49. The van der Waals surface area contributed by atoms with Crippen LogP contribution >= 0.6 is 0 Å². The van der Waals surface area contributed by atoms with E-state index in [0.717, 1.165) is 6.42 Å². The molecule has 0 spiro atoms. The van der Waals surface area contributed by atoms with Gasteiger partial charge in [-0.2, -0.15) is 0 Å². The second kappa shape index (κ2) is 18.9. The molecule has 0 aliphatic rings. The predicted molar refractivity (Wildman–Crippen MR) is 73.6 cm³/mol. The molecule has 0 aromatic heterocycles. The zero-order valence-corrected chi connectivity index (χ0v) is 10.5. The number of rotatable bonds is 1. The van der Waals surface area contributed by atoms with E-state index in [0.29, 0.717) is 0 Å². The van der Waals surface area contributed by atoms with Crippen molar-refractivity contribution in [3.05, 3.63) is 35.4 Å². The lowest BCUT2D eigenvalue weighted by Gasteiger charge is -1.95. The van der Waals surface area contributed by atoms with E-state index in [-0.39, 0.29) is 12.9 Å². The smallest absolute Gasteiger partial charge is 0.0307 e. The van der Waals surface area contributed by atoms with Gasteiger partial charge in [0.1, 0.15) is 0 Å². The van der Waals surface area contributed by atoms with Crippen LogP contribution in [0.25, 0.3) is 0 Å². The first kappa shape index (κ1) is 23.8. The van der Waals surface area contributed by atoms with Gasteiger partial charge in [0.2, 0.25) is 0 Å². The van der Waals surface area contributed by atoms with Gasteiger partial charge in [0.25, 0.3) is 0 Å². The highest BCUT2D eigenvalue weighted by atomic mass is 16.0. The van der Waals surface area contributed by atoms with E-state index in [1.165, 1.54) is 11.1 Å². The van der Waals surface area contributed by atoms with Crippen molar-refractivity contribution in [2.24, 2.45) is 0 Å². The average Bonchev–Trinajstić information content (AvgIpc) is 2.24. The van der Waals surface area contributed by atoms with Crippen LogP contribution in [0.3, 0.4) is 0 Å². The van der Waals surface area contributed by atoms with Crippen LogP contribution in [0.15, 0.2) is 24.3 Å². The Morgan fingerprint density at radius 2 is 1.47 bits per heavy atom. The summed E-state index contributed by atoms with van der Waals surface area (Å²) in [6.45, 7) is 12.3. The monoisotopic (exact) mass is 214 g/mol. The van der Waals surface area contributed by atoms with Gasteiger partial charge >= 0.3 is 0 Å². The van der Waals surface area contributed by atoms with Crippen LogP contribution in [-0.4, -0.2) is 5.48 Å². The van der Waals surface area contributed by atoms with Crippen molar-refractivity contribution < 1.29 is 5.48 Å². The molecule has 1 nitrogen and oxygen atoms in total. The molecule has 0 fully saturated rings. The first-order valence-corrected chi connectivity index (χ1v) is 5.38. The molecule has 0 aliphatic heterocycles. The second-order valence-corrected chi connectivity index (χ2v) is 2.34. The lowest BCUT2D eigenvalue weighted by Crippen LogP contribution is -1.78. The number of hydrogen-bond acceptors (Lipinski definition) is 0. The first-order valence-electron chi connectivity index (χ1n) is 5.38. The largest absolute Gasteiger partial charge is 0.412 e. The van der Waals surface area contributed by atoms with Crippen molar-refractivity contribution in [2.75, 3.05) is 0 Å². The third kappa shape index (κ3) is 13.2. The quantitative estimate of drug-likeness (QED) is 0.662. The molecule has 15 heavy (non-hydrogen) atoms. The zero-order valence-electron chi connectivity index (χ0n) is 10.5. The maximum absolute atomic E-state index is 2.22. The second-order valence-electron chi connectivity index (χ2n) is 2.34. The van der Waals surface area contributed by atoms with Crippen LogP contribution in [0.2, 0.25) is 0 Å². The maximum atomic E-state index is 2.22. The molecular formula is C14H30O. The Hall–Kier alpha value is -0.820. The van der Waals surface area contributed by atoms with Gasteiger partial charge in [-0.25, -0.2) is 0 Å². The minimum atomic E-state index is 0. The minimum Gasteiger partial charge on any atom is -0.412 e. The van der Waals surface area contributed by atoms with E-state index < -0.39 is 0 Å². The van der Waals surface area contributed by atoms with E-state index in [1.807, 2.05) is 27.7 Å². The highest BCUT2D eigenvalue weighted by Crippen LogP contribution is 2.03. The maximum Gasteiger partial charge on any atom is -0.0307 e. The normalized spacial score (nSPS) is 6.53. The predicted octanol–water partition coefficient (Wildman–Crippen LogP) is 4.42. The number of benzene rings is 1.